The molecule has 0 radical (unpaired) electrons. The number of amides is 2. The summed E-state index contributed by atoms with van der Waals surface area (Å²) in [5.41, 5.74) is 7.01. The fraction of sp³-hybridized carbons (Fsp3) is 0.467. The first-order chi connectivity index (χ1) is 9.47. The van der Waals surface area contributed by atoms with Gasteiger partial charge in [-0.1, -0.05) is 26.0 Å². The molecule has 110 valence electrons. The van der Waals surface area contributed by atoms with Gasteiger partial charge >= 0.3 is 0 Å². The van der Waals surface area contributed by atoms with Crippen LogP contribution in [0.4, 0.5) is 0 Å². The third-order valence-corrected chi connectivity index (χ3v) is 3.03. The van der Waals surface area contributed by atoms with Gasteiger partial charge in [-0.3, -0.25) is 9.59 Å². The van der Waals surface area contributed by atoms with Crippen LogP contribution in [0.5, 0.6) is 0 Å². The van der Waals surface area contributed by atoms with Crippen LogP contribution in [-0.2, 0) is 11.3 Å². The third-order valence-electron chi connectivity index (χ3n) is 3.03. The van der Waals surface area contributed by atoms with Crippen molar-refractivity contribution in [2.45, 2.75) is 32.9 Å². The number of likely N-dealkylation sites (N-methyl/N-ethyl adjacent to an activating group) is 1. The Labute approximate surface area is 119 Å². The molecule has 0 aromatic heterocycles. The van der Waals surface area contributed by atoms with Gasteiger partial charge in [-0.15, -0.1) is 0 Å². The number of carbonyl (C=O) groups excluding carboxylic acids is 2. The summed E-state index contributed by atoms with van der Waals surface area (Å²) < 4.78 is 0. The second-order valence-electron chi connectivity index (χ2n) is 5.17. The fourth-order valence-corrected chi connectivity index (χ4v) is 1.91. The van der Waals surface area contributed by atoms with E-state index in [1.807, 2.05) is 26.0 Å². The molecule has 20 heavy (non-hydrogen) atoms. The maximum Gasteiger partial charge on any atom is 0.251 e. The first-order valence-corrected chi connectivity index (χ1v) is 6.79. The quantitative estimate of drug-likeness (QED) is 0.726. The lowest BCUT2D eigenvalue weighted by Gasteiger charge is -2.19. The Kier molecular flexibility index (Phi) is 6.18. The summed E-state index contributed by atoms with van der Waals surface area (Å²) in [6.45, 7) is 4.46. The van der Waals surface area contributed by atoms with Crippen LogP contribution < -0.4 is 16.4 Å². The van der Waals surface area contributed by atoms with Gasteiger partial charge in [-0.25, -0.2) is 0 Å². The number of hydrogen-bond acceptors (Lipinski definition) is 3. The molecule has 1 unspecified atom stereocenters. The number of carbonyl (C=O) groups is 2. The van der Waals surface area contributed by atoms with E-state index < -0.39 is 6.04 Å². The Morgan fingerprint density at radius 2 is 1.80 bits per heavy atom. The molecule has 0 heterocycles. The zero-order valence-corrected chi connectivity index (χ0v) is 12.3. The molecule has 0 saturated heterocycles. The molecule has 0 spiro atoms. The fourth-order valence-electron chi connectivity index (χ4n) is 1.91. The van der Waals surface area contributed by atoms with E-state index in [1.165, 1.54) is 0 Å². The van der Waals surface area contributed by atoms with Gasteiger partial charge in [0.25, 0.3) is 5.91 Å². The van der Waals surface area contributed by atoms with Crippen molar-refractivity contribution in [1.82, 2.24) is 10.6 Å². The minimum Gasteiger partial charge on any atom is -0.357 e. The van der Waals surface area contributed by atoms with Gasteiger partial charge in [0.15, 0.2) is 0 Å². The molecule has 0 saturated carbocycles. The lowest BCUT2D eigenvalue weighted by molar-refractivity contribution is -0.122. The highest BCUT2D eigenvalue weighted by molar-refractivity contribution is 5.97. The molecule has 5 nitrogen and oxygen atoms in total. The zero-order chi connectivity index (χ0) is 15.1. The van der Waals surface area contributed by atoms with Crippen molar-refractivity contribution >= 4 is 11.8 Å². The Hall–Kier alpha value is -1.88. The smallest absolute Gasteiger partial charge is 0.251 e. The number of hydrogen-bond donors (Lipinski definition) is 3. The summed E-state index contributed by atoms with van der Waals surface area (Å²) in [6, 6.07) is 6.54. The molecule has 0 aliphatic carbocycles. The van der Waals surface area contributed by atoms with Gasteiger partial charge in [0.2, 0.25) is 5.91 Å². The predicted molar refractivity (Wildman–Crippen MR) is 79.1 cm³/mol. The molecule has 5 heteroatoms. The first kappa shape index (κ1) is 16.2. The lowest BCUT2D eigenvalue weighted by atomic mass is 10.0. The first-order valence-electron chi connectivity index (χ1n) is 6.79. The van der Waals surface area contributed by atoms with Gasteiger partial charge in [-0.05, 0) is 30.0 Å². The minimum absolute atomic E-state index is 0.175. The summed E-state index contributed by atoms with van der Waals surface area (Å²) in [6.07, 6.45) is 0.603. The molecule has 1 rings (SSSR count). The Morgan fingerprint density at radius 3 is 2.25 bits per heavy atom. The highest BCUT2D eigenvalue weighted by atomic mass is 16.2. The molecule has 0 aliphatic heterocycles. The average Bonchev–Trinajstić information content (AvgIpc) is 2.45. The monoisotopic (exact) mass is 277 g/mol. The van der Waals surface area contributed by atoms with Gasteiger partial charge in [-0.2, -0.15) is 0 Å². The van der Waals surface area contributed by atoms with Gasteiger partial charge in [0.1, 0.15) is 6.04 Å². The molecular weight excluding hydrogens is 254 g/mol. The summed E-state index contributed by atoms with van der Waals surface area (Å²) in [4.78, 5) is 23.9. The van der Waals surface area contributed by atoms with Crippen molar-refractivity contribution in [3.63, 3.8) is 0 Å². The van der Waals surface area contributed by atoms with Gasteiger partial charge in [0.05, 0.1) is 0 Å². The molecule has 4 N–H and O–H groups in total. The highest BCUT2D eigenvalue weighted by Crippen LogP contribution is 2.08. The van der Waals surface area contributed by atoms with Crippen molar-refractivity contribution in [2.75, 3.05) is 7.05 Å². The van der Waals surface area contributed by atoms with Gasteiger partial charge in [0, 0.05) is 19.2 Å². The van der Waals surface area contributed by atoms with Crippen molar-refractivity contribution in [1.29, 1.82) is 0 Å². The second-order valence-corrected chi connectivity index (χ2v) is 5.17. The summed E-state index contributed by atoms with van der Waals surface area (Å²) >= 11 is 0. The van der Waals surface area contributed by atoms with E-state index in [-0.39, 0.29) is 11.8 Å². The van der Waals surface area contributed by atoms with Crippen LogP contribution in [0.3, 0.4) is 0 Å². The molecule has 1 aromatic rings. The zero-order valence-electron chi connectivity index (χ0n) is 12.3. The van der Waals surface area contributed by atoms with Crippen LogP contribution in [0.1, 0.15) is 36.2 Å². The maximum absolute atomic E-state index is 12.1. The molecule has 1 atom stereocenters. The third kappa shape index (κ3) is 4.66. The van der Waals surface area contributed by atoms with Crippen LogP contribution in [0.2, 0.25) is 0 Å². The Morgan fingerprint density at radius 1 is 1.20 bits per heavy atom. The van der Waals surface area contributed by atoms with E-state index in [0.717, 1.165) is 5.56 Å². The number of benzene rings is 1. The van der Waals surface area contributed by atoms with Crippen LogP contribution in [-0.4, -0.2) is 24.9 Å². The topological polar surface area (TPSA) is 84.2 Å². The van der Waals surface area contributed by atoms with Crippen LogP contribution in [0, 0.1) is 5.92 Å². The van der Waals surface area contributed by atoms with Crippen molar-refractivity contribution in [2.24, 2.45) is 11.7 Å². The van der Waals surface area contributed by atoms with Crippen molar-refractivity contribution < 1.29 is 9.59 Å². The highest BCUT2D eigenvalue weighted by Gasteiger charge is 2.21. The maximum atomic E-state index is 12.1. The average molecular weight is 277 g/mol. The van der Waals surface area contributed by atoms with Crippen LogP contribution in [0.15, 0.2) is 24.3 Å². The van der Waals surface area contributed by atoms with E-state index in [1.54, 1.807) is 19.2 Å². The van der Waals surface area contributed by atoms with E-state index in [0.29, 0.717) is 24.4 Å². The molecular formula is C15H23N3O2. The summed E-state index contributed by atoms with van der Waals surface area (Å²) in [5, 5.41) is 5.35. The predicted octanol–water partition coefficient (Wildman–Crippen LogP) is 1.04. The van der Waals surface area contributed by atoms with E-state index in [2.05, 4.69) is 10.6 Å². The van der Waals surface area contributed by atoms with Crippen molar-refractivity contribution in [3.05, 3.63) is 35.4 Å². The molecule has 2 amide bonds. The number of rotatable bonds is 6. The minimum atomic E-state index is -0.512. The lowest BCUT2D eigenvalue weighted by Crippen LogP contribution is -2.46. The van der Waals surface area contributed by atoms with Crippen LogP contribution in [0.25, 0.3) is 0 Å². The van der Waals surface area contributed by atoms with Gasteiger partial charge < -0.3 is 16.4 Å². The van der Waals surface area contributed by atoms with Crippen molar-refractivity contribution in [3.8, 4) is 0 Å². The Bertz CT molecular complexity index is 455. The second kappa shape index (κ2) is 7.65. The summed E-state index contributed by atoms with van der Waals surface area (Å²) in [7, 11) is 1.57. The summed E-state index contributed by atoms with van der Waals surface area (Å²) in [5.74, 6) is -0.106. The van der Waals surface area contributed by atoms with Crippen LogP contribution >= 0.6 is 0 Å². The van der Waals surface area contributed by atoms with E-state index in [9.17, 15) is 9.59 Å². The normalized spacial score (nSPS) is 12.1. The number of nitrogens with two attached hydrogens (primary N) is 1. The largest absolute Gasteiger partial charge is 0.357 e. The SMILES string of the molecule is CNC(=O)C(CC(C)C)NC(=O)c1ccc(CN)cc1. The molecule has 1 aromatic carbocycles. The molecule has 0 fully saturated rings. The Balaban J connectivity index is 2.76. The standard InChI is InChI=1S/C15H23N3O2/c1-10(2)8-13(15(20)17-3)18-14(19)12-6-4-11(9-16)5-7-12/h4-7,10,13H,8-9,16H2,1-3H3,(H,17,20)(H,18,19). The van der Waals surface area contributed by atoms with E-state index in [4.69, 9.17) is 5.73 Å². The number of nitrogens with one attached hydrogen (secondary N) is 2. The molecule has 0 bridgehead atoms. The molecule has 0 aliphatic rings. The van der Waals surface area contributed by atoms with E-state index >= 15 is 0 Å².